The molecule has 1 N–H and O–H groups in total. The predicted octanol–water partition coefficient (Wildman–Crippen LogP) is 4.58. The minimum atomic E-state index is -0.344. The molecule has 174 valence electrons. The van der Waals surface area contributed by atoms with E-state index in [9.17, 15) is 9.59 Å². The number of carbonyl (C=O) groups is 1. The van der Waals surface area contributed by atoms with Crippen molar-refractivity contribution in [2.24, 2.45) is 0 Å². The van der Waals surface area contributed by atoms with Gasteiger partial charge in [0.2, 0.25) is 11.7 Å². The van der Waals surface area contributed by atoms with Crippen LogP contribution in [-0.2, 0) is 17.8 Å². The normalized spacial score (nSPS) is 10.9. The van der Waals surface area contributed by atoms with Crippen molar-refractivity contribution in [2.45, 2.75) is 33.2 Å². The Morgan fingerprint density at radius 1 is 1.09 bits per heavy atom. The lowest BCUT2D eigenvalue weighted by Crippen LogP contribution is -2.34. The molecule has 0 atom stereocenters. The van der Waals surface area contributed by atoms with Gasteiger partial charge in [0, 0.05) is 22.8 Å². The number of hydrogen-bond acceptors (Lipinski definition) is 5. The van der Waals surface area contributed by atoms with Crippen LogP contribution in [0.1, 0.15) is 23.2 Å². The first-order chi connectivity index (χ1) is 16.4. The van der Waals surface area contributed by atoms with E-state index in [1.165, 1.54) is 10.1 Å². The molecule has 7 nitrogen and oxygen atoms in total. The summed E-state index contributed by atoms with van der Waals surface area (Å²) in [6.07, 6.45) is 1.69. The molecule has 0 fully saturated rings. The third kappa shape index (κ3) is 5.43. The maximum absolute atomic E-state index is 13.3. The highest BCUT2D eigenvalue weighted by Gasteiger charge is 2.20. The van der Waals surface area contributed by atoms with Crippen molar-refractivity contribution in [2.75, 3.05) is 6.54 Å². The van der Waals surface area contributed by atoms with Crippen LogP contribution in [0, 0.1) is 13.8 Å². The number of rotatable bonds is 8. The quantitative estimate of drug-likeness (QED) is 0.376. The first kappa shape index (κ1) is 23.4. The Hall–Kier alpha value is -3.71. The molecule has 8 heteroatoms. The number of aryl methyl sites for hydroxylation is 3. The van der Waals surface area contributed by atoms with Crippen molar-refractivity contribution in [3.63, 3.8) is 0 Å². The van der Waals surface area contributed by atoms with Gasteiger partial charge in [-0.15, -0.1) is 0 Å². The van der Waals surface area contributed by atoms with Crippen LogP contribution in [0.3, 0.4) is 0 Å². The van der Waals surface area contributed by atoms with E-state index in [0.29, 0.717) is 28.6 Å². The zero-order chi connectivity index (χ0) is 24.1. The van der Waals surface area contributed by atoms with Gasteiger partial charge in [0.1, 0.15) is 12.1 Å². The second-order valence-corrected chi connectivity index (χ2v) is 8.54. The summed E-state index contributed by atoms with van der Waals surface area (Å²) in [5.74, 6) is 0.249. The Bertz CT molecular complexity index is 1340. The molecule has 34 heavy (non-hydrogen) atoms. The van der Waals surface area contributed by atoms with Crippen molar-refractivity contribution in [1.29, 1.82) is 0 Å². The number of nitrogens with zero attached hydrogens (tertiary/aromatic N) is 3. The molecule has 2 aromatic heterocycles. The van der Waals surface area contributed by atoms with Gasteiger partial charge in [0.15, 0.2) is 0 Å². The molecule has 4 aromatic rings. The van der Waals surface area contributed by atoms with Gasteiger partial charge in [0.25, 0.3) is 11.4 Å². The van der Waals surface area contributed by atoms with Crippen LogP contribution < -0.4 is 10.9 Å². The summed E-state index contributed by atoms with van der Waals surface area (Å²) in [6, 6.07) is 19.0. The van der Waals surface area contributed by atoms with Crippen molar-refractivity contribution >= 4 is 17.5 Å². The molecular weight excluding hydrogens is 452 g/mol. The maximum atomic E-state index is 13.3. The monoisotopic (exact) mass is 476 g/mol. The summed E-state index contributed by atoms with van der Waals surface area (Å²) in [5.41, 5.74) is 3.28. The highest BCUT2D eigenvalue weighted by atomic mass is 35.5. The Balaban J connectivity index is 1.47. The second-order valence-electron chi connectivity index (χ2n) is 8.10. The molecule has 2 aromatic carbocycles. The summed E-state index contributed by atoms with van der Waals surface area (Å²) in [4.78, 5) is 30.2. The lowest BCUT2D eigenvalue weighted by Gasteiger charge is -2.13. The van der Waals surface area contributed by atoms with Gasteiger partial charge >= 0.3 is 0 Å². The van der Waals surface area contributed by atoms with E-state index in [1.807, 2.05) is 31.2 Å². The molecule has 0 radical (unpaired) electrons. The van der Waals surface area contributed by atoms with Crippen molar-refractivity contribution in [3.8, 4) is 22.8 Å². The molecule has 2 heterocycles. The average molecular weight is 477 g/mol. The van der Waals surface area contributed by atoms with Gasteiger partial charge in [0.05, 0.1) is 0 Å². The molecule has 0 spiro atoms. The van der Waals surface area contributed by atoms with E-state index in [-0.39, 0.29) is 29.5 Å². The lowest BCUT2D eigenvalue weighted by atomic mass is 10.1. The number of amides is 1. The van der Waals surface area contributed by atoms with Crippen LogP contribution in [0.15, 0.2) is 70.0 Å². The predicted molar refractivity (Wildman–Crippen MR) is 132 cm³/mol. The Morgan fingerprint density at radius 3 is 2.56 bits per heavy atom. The fourth-order valence-corrected chi connectivity index (χ4v) is 3.92. The third-order valence-corrected chi connectivity index (χ3v) is 5.81. The van der Waals surface area contributed by atoms with Crippen LogP contribution in [0.4, 0.5) is 0 Å². The van der Waals surface area contributed by atoms with Gasteiger partial charge in [-0.05, 0) is 68.1 Å². The zero-order valence-corrected chi connectivity index (χ0v) is 19.8. The van der Waals surface area contributed by atoms with Crippen LogP contribution in [-0.4, -0.2) is 27.2 Å². The third-order valence-electron chi connectivity index (χ3n) is 5.56. The fraction of sp³-hybridized carbons (Fsp3) is 0.231. The van der Waals surface area contributed by atoms with Gasteiger partial charge in [-0.25, -0.2) is 0 Å². The molecule has 4 rings (SSSR count). The van der Waals surface area contributed by atoms with Crippen molar-refractivity contribution in [1.82, 2.24) is 20.0 Å². The number of carbonyl (C=O) groups excluding carboxylic acids is 1. The molecule has 1 amide bonds. The smallest absolute Gasteiger partial charge is 0.264 e. The van der Waals surface area contributed by atoms with E-state index < -0.39 is 0 Å². The molecular formula is C26H25ClN4O3. The summed E-state index contributed by atoms with van der Waals surface area (Å²) < 4.78 is 6.84. The maximum Gasteiger partial charge on any atom is 0.264 e. The van der Waals surface area contributed by atoms with E-state index >= 15 is 0 Å². The van der Waals surface area contributed by atoms with E-state index in [1.54, 1.807) is 31.2 Å². The van der Waals surface area contributed by atoms with Crippen LogP contribution >= 0.6 is 11.6 Å². The Labute approximate surface area is 202 Å². The summed E-state index contributed by atoms with van der Waals surface area (Å²) >= 11 is 5.94. The van der Waals surface area contributed by atoms with Gasteiger partial charge < -0.3 is 14.4 Å². The standard InChI is InChI=1S/C26H25ClN4O3/c1-17-15-18(2)31(16-22(32)28-14-6-9-19-7-4-3-5-8-19)26(33)23(17)25-29-24(30-34-25)20-10-12-21(27)13-11-20/h3-5,7-8,10-13,15H,6,9,14,16H2,1-2H3,(H,28,32). The number of hydrogen-bond donors (Lipinski definition) is 1. The minimum absolute atomic E-state index is 0.0819. The lowest BCUT2D eigenvalue weighted by molar-refractivity contribution is -0.121. The topological polar surface area (TPSA) is 90.0 Å². The first-order valence-corrected chi connectivity index (χ1v) is 11.4. The number of aromatic nitrogens is 3. The van der Waals surface area contributed by atoms with Crippen LogP contribution in [0.2, 0.25) is 5.02 Å². The van der Waals surface area contributed by atoms with Crippen molar-refractivity contribution < 1.29 is 9.32 Å². The highest BCUT2D eigenvalue weighted by molar-refractivity contribution is 6.30. The zero-order valence-electron chi connectivity index (χ0n) is 19.0. The SMILES string of the molecule is Cc1cc(C)n(CC(=O)NCCCc2ccccc2)c(=O)c1-c1nc(-c2ccc(Cl)cc2)no1. The second kappa shape index (κ2) is 10.5. The average Bonchev–Trinajstić information content (AvgIpc) is 3.30. The summed E-state index contributed by atoms with van der Waals surface area (Å²) in [6.45, 7) is 4.06. The molecule has 0 aliphatic carbocycles. The summed E-state index contributed by atoms with van der Waals surface area (Å²) in [5, 5.41) is 7.51. The number of nitrogens with one attached hydrogen (secondary N) is 1. The number of halogens is 1. The largest absolute Gasteiger partial charge is 0.355 e. The molecule has 0 unspecified atom stereocenters. The molecule has 0 saturated carbocycles. The van der Waals surface area contributed by atoms with Gasteiger partial charge in [-0.3, -0.25) is 9.59 Å². The Kier molecular flexibility index (Phi) is 7.23. The first-order valence-electron chi connectivity index (χ1n) is 11.0. The van der Waals surface area contributed by atoms with E-state index in [2.05, 4.69) is 27.6 Å². The van der Waals surface area contributed by atoms with Crippen LogP contribution in [0.25, 0.3) is 22.8 Å². The van der Waals surface area contributed by atoms with Crippen molar-refractivity contribution in [3.05, 3.63) is 92.9 Å². The fourth-order valence-electron chi connectivity index (χ4n) is 3.79. The Morgan fingerprint density at radius 2 is 1.82 bits per heavy atom. The highest BCUT2D eigenvalue weighted by Crippen LogP contribution is 2.24. The van der Waals surface area contributed by atoms with Gasteiger partial charge in [-0.1, -0.05) is 47.1 Å². The van der Waals surface area contributed by atoms with Crippen LogP contribution in [0.5, 0.6) is 0 Å². The van der Waals surface area contributed by atoms with Gasteiger partial charge in [-0.2, -0.15) is 4.98 Å². The van der Waals surface area contributed by atoms with E-state index in [4.69, 9.17) is 16.1 Å². The summed E-state index contributed by atoms with van der Waals surface area (Å²) in [7, 11) is 0. The minimum Gasteiger partial charge on any atom is -0.355 e. The number of benzene rings is 2. The number of pyridine rings is 1. The van der Waals surface area contributed by atoms with E-state index in [0.717, 1.165) is 18.4 Å². The molecule has 0 saturated heterocycles. The molecule has 0 bridgehead atoms. The molecule has 0 aliphatic heterocycles. The molecule has 0 aliphatic rings.